The van der Waals surface area contributed by atoms with E-state index in [4.69, 9.17) is 24.4 Å². The Bertz CT molecular complexity index is 3860. The van der Waals surface area contributed by atoms with Crippen LogP contribution in [0.15, 0.2) is 211 Å². The van der Waals surface area contributed by atoms with Crippen LogP contribution in [0.4, 0.5) is 0 Å². The lowest BCUT2D eigenvalue weighted by Gasteiger charge is -2.12. The maximum atomic E-state index is 6.15. The van der Waals surface area contributed by atoms with Gasteiger partial charge in [0.25, 0.3) is 0 Å². The summed E-state index contributed by atoms with van der Waals surface area (Å²) in [5.74, 6) is 2.73. The highest BCUT2D eigenvalue weighted by Gasteiger charge is 2.22. The molecule has 0 aliphatic heterocycles. The lowest BCUT2D eigenvalue weighted by molar-refractivity contribution is 0.669. The van der Waals surface area contributed by atoms with Crippen LogP contribution in [0, 0.1) is 0 Å². The topological polar surface area (TPSA) is 74.6 Å². The molecule has 63 heavy (non-hydrogen) atoms. The van der Waals surface area contributed by atoms with Crippen LogP contribution in [0.2, 0.25) is 0 Å². The summed E-state index contributed by atoms with van der Waals surface area (Å²) in [6, 6.07) is 71.4. The van der Waals surface area contributed by atoms with Gasteiger partial charge in [-0.05, 0) is 72.8 Å². The molecule has 0 fully saturated rings. The number of hydrogen-bond donors (Lipinski definition) is 0. The first-order valence-corrected chi connectivity index (χ1v) is 21.1. The van der Waals surface area contributed by atoms with Gasteiger partial charge < -0.3 is 8.98 Å². The summed E-state index contributed by atoms with van der Waals surface area (Å²) < 4.78 is 10.8. The molecule has 0 unspecified atom stereocenters. The van der Waals surface area contributed by atoms with Crippen LogP contribution < -0.4 is 0 Å². The van der Waals surface area contributed by atoms with Crippen LogP contribution in [-0.2, 0) is 0 Å². The Hall–Kier alpha value is -8.68. The van der Waals surface area contributed by atoms with Crippen molar-refractivity contribution in [2.45, 2.75) is 0 Å². The average molecular weight is 807 g/mol. The summed E-state index contributed by atoms with van der Waals surface area (Å²) in [7, 11) is 0. The number of hydrogen-bond acceptors (Lipinski definition) is 5. The minimum atomic E-state index is 0.614. The van der Waals surface area contributed by atoms with Crippen molar-refractivity contribution in [3.05, 3.63) is 206 Å². The van der Waals surface area contributed by atoms with Crippen molar-refractivity contribution >= 4 is 65.6 Å². The number of benzene rings is 8. The molecule has 5 heterocycles. The molecule has 7 heteroatoms. The number of para-hydroxylation sites is 3. The molecular formula is C56H34N6O. The monoisotopic (exact) mass is 806 g/mol. The van der Waals surface area contributed by atoms with Gasteiger partial charge in [0.15, 0.2) is 17.5 Å². The molecule has 0 amide bonds. The maximum Gasteiger partial charge on any atom is 0.164 e. The fourth-order valence-electron chi connectivity index (χ4n) is 9.36. The van der Waals surface area contributed by atoms with Crippen molar-refractivity contribution in [1.82, 2.24) is 29.1 Å². The summed E-state index contributed by atoms with van der Waals surface area (Å²) >= 11 is 0. The Morgan fingerprint density at radius 1 is 0.317 bits per heavy atom. The first-order chi connectivity index (χ1) is 31.2. The van der Waals surface area contributed by atoms with Crippen LogP contribution in [0.3, 0.4) is 0 Å². The number of rotatable bonds is 6. The summed E-state index contributed by atoms with van der Waals surface area (Å²) in [4.78, 5) is 20.4. The van der Waals surface area contributed by atoms with Crippen molar-refractivity contribution in [1.29, 1.82) is 0 Å². The molecule has 294 valence electrons. The van der Waals surface area contributed by atoms with E-state index >= 15 is 0 Å². The van der Waals surface area contributed by atoms with Crippen molar-refractivity contribution in [2.24, 2.45) is 0 Å². The minimum absolute atomic E-state index is 0.614. The molecule has 0 atom stereocenters. The van der Waals surface area contributed by atoms with E-state index in [9.17, 15) is 0 Å². The van der Waals surface area contributed by atoms with E-state index in [-0.39, 0.29) is 0 Å². The van der Waals surface area contributed by atoms with Gasteiger partial charge in [-0.1, -0.05) is 133 Å². The molecule has 0 aliphatic carbocycles. The van der Waals surface area contributed by atoms with Crippen molar-refractivity contribution in [3.63, 3.8) is 0 Å². The molecule has 8 aromatic carbocycles. The molecule has 0 N–H and O–H groups in total. The number of aromatic nitrogens is 6. The lowest BCUT2D eigenvalue weighted by atomic mass is 10.1. The average Bonchev–Trinajstić information content (AvgIpc) is 4.02. The van der Waals surface area contributed by atoms with Crippen molar-refractivity contribution in [3.8, 4) is 56.9 Å². The first-order valence-electron chi connectivity index (χ1n) is 21.1. The first kappa shape index (κ1) is 35.1. The van der Waals surface area contributed by atoms with E-state index in [0.717, 1.165) is 83.5 Å². The standard InChI is InChI=1S/C56H34N6O/c1-3-15-35(16-4-1)54-58-55(36-17-5-2-6-18-36)60-56(59-54)38-19-13-20-39(33-38)61-45-25-10-7-22-41(45)52-47(61)30-31-48-53(52)42-23-8-11-26-46(42)62(48)51-28-14-24-44(57-51)37-29-32-50-43(34-37)40-21-9-12-27-49(40)63-50/h1-34H. The van der Waals surface area contributed by atoms with Gasteiger partial charge in [0.2, 0.25) is 0 Å². The van der Waals surface area contributed by atoms with Gasteiger partial charge >= 0.3 is 0 Å². The van der Waals surface area contributed by atoms with E-state index < -0.39 is 0 Å². The summed E-state index contributed by atoms with van der Waals surface area (Å²) in [6.45, 7) is 0. The van der Waals surface area contributed by atoms with E-state index in [2.05, 4.69) is 143 Å². The maximum absolute atomic E-state index is 6.15. The van der Waals surface area contributed by atoms with E-state index in [1.165, 1.54) is 21.5 Å². The molecule has 13 aromatic rings. The highest BCUT2D eigenvalue weighted by molar-refractivity contribution is 6.29. The van der Waals surface area contributed by atoms with E-state index in [1.807, 2.05) is 72.8 Å². The molecule has 0 spiro atoms. The number of nitrogens with zero attached hydrogens (tertiary/aromatic N) is 6. The van der Waals surface area contributed by atoms with Gasteiger partial charge in [0.05, 0.1) is 27.8 Å². The Morgan fingerprint density at radius 3 is 1.56 bits per heavy atom. The second-order valence-corrected chi connectivity index (χ2v) is 15.8. The van der Waals surface area contributed by atoms with Crippen LogP contribution in [0.1, 0.15) is 0 Å². The van der Waals surface area contributed by atoms with Crippen LogP contribution in [0.25, 0.3) is 122 Å². The fraction of sp³-hybridized carbons (Fsp3) is 0. The molecule has 0 radical (unpaired) electrons. The van der Waals surface area contributed by atoms with Gasteiger partial charge in [-0.2, -0.15) is 0 Å². The Labute approximate surface area is 360 Å². The van der Waals surface area contributed by atoms with Crippen LogP contribution >= 0.6 is 0 Å². The normalized spacial score (nSPS) is 11.8. The van der Waals surface area contributed by atoms with Gasteiger partial charge in [0.1, 0.15) is 17.0 Å². The number of fused-ring (bicyclic) bond motifs is 10. The molecule has 0 saturated heterocycles. The zero-order chi connectivity index (χ0) is 41.4. The van der Waals surface area contributed by atoms with Gasteiger partial charge in [0, 0.05) is 60.3 Å². The van der Waals surface area contributed by atoms with Gasteiger partial charge in [-0.15, -0.1) is 0 Å². The largest absolute Gasteiger partial charge is 0.456 e. The van der Waals surface area contributed by atoms with E-state index in [0.29, 0.717) is 17.5 Å². The highest BCUT2D eigenvalue weighted by Crippen LogP contribution is 2.43. The van der Waals surface area contributed by atoms with Crippen molar-refractivity contribution < 1.29 is 4.42 Å². The number of furan rings is 1. The Balaban J connectivity index is 0.990. The number of pyridine rings is 1. The van der Waals surface area contributed by atoms with E-state index in [1.54, 1.807) is 0 Å². The molecule has 5 aromatic heterocycles. The predicted molar refractivity (Wildman–Crippen MR) is 255 cm³/mol. The smallest absolute Gasteiger partial charge is 0.164 e. The zero-order valence-electron chi connectivity index (χ0n) is 33.7. The fourth-order valence-corrected chi connectivity index (χ4v) is 9.36. The van der Waals surface area contributed by atoms with Crippen molar-refractivity contribution in [2.75, 3.05) is 0 Å². The zero-order valence-corrected chi connectivity index (χ0v) is 33.7. The lowest BCUT2D eigenvalue weighted by Crippen LogP contribution is -2.01. The molecule has 0 aliphatic rings. The molecule has 7 nitrogen and oxygen atoms in total. The second-order valence-electron chi connectivity index (χ2n) is 15.8. The SMILES string of the molecule is c1ccc(-c2nc(-c3ccccc3)nc(-c3cccc(-n4c5ccccc5c5c6c7ccccc7n(-c7cccc(-c8ccc9oc%10ccccc%10c9c8)n7)c6ccc54)c3)n2)cc1. The van der Waals surface area contributed by atoms with Crippen LogP contribution in [0.5, 0.6) is 0 Å². The third-order valence-corrected chi connectivity index (χ3v) is 12.2. The highest BCUT2D eigenvalue weighted by atomic mass is 16.3. The summed E-state index contributed by atoms with van der Waals surface area (Å²) in [5.41, 5.74) is 11.9. The van der Waals surface area contributed by atoms with Crippen LogP contribution in [-0.4, -0.2) is 29.1 Å². The third-order valence-electron chi connectivity index (χ3n) is 12.2. The summed E-state index contributed by atoms with van der Waals surface area (Å²) in [6.07, 6.45) is 0. The third kappa shape index (κ3) is 5.60. The quantitative estimate of drug-likeness (QED) is 0.167. The minimum Gasteiger partial charge on any atom is -0.456 e. The molecule has 0 bridgehead atoms. The molecule has 0 saturated carbocycles. The van der Waals surface area contributed by atoms with Gasteiger partial charge in [-0.3, -0.25) is 4.57 Å². The Morgan fingerprint density at radius 2 is 0.857 bits per heavy atom. The predicted octanol–water partition coefficient (Wildman–Crippen LogP) is 14.0. The van der Waals surface area contributed by atoms with Gasteiger partial charge in [-0.25, -0.2) is 19.9 Å². The second kappa shape index (κ2) is 13.9. The molecule has 13 rings (SSSR count). The summed E-state index contributed by atoms with van der Waals surface area (Å²) in [5, 5.41) is 6.90. The Kier molecular flexibility index (Phi) is 7.77. The molecular weight excluding hydrogens is 773 g/mol.